The van der Waals surface area contributed by atoms with Crippen LogP contribution in [-0.4, -0.2) is 25.9 Å². The molecule has 0 aliphatic heterocycles. The van der Waals surface area contributed by atoms with Crippen LogP contribution in [0.1, 0.15) is 28.7 Å². The van der Waals surface area contributed by atoms with Crippen molar-refractivity contribution in [3.8, 4) is 0 Å². The van der Waals surface area contributed by atoms with Crippen LogP contribution >= 0.6 is 0 Å². The molecule has 0 amide bonds. The van der Waals surface area contributed by atoms with Crippen molar-refractivity contribution < 1.29 is 85.1 Å². The van der Waals surface area contributed by atoms with E-state index in [2.05, 4.69) is 24.3 Å². The summed E-state index contributed by atoms with van der Waals surface area (Å²) in [5.41, 5.74) is 5.58. The number of hydrogen-bond acceptors (Lipinski definition) is 6. The van der Waals surface area contributed by atoms with Crippen molar-refractivity contribution in [2.24, 2.45) is 5.92 Å². The molecule has 1 unspecified atom stereocenters. The third-order valence-electron chi connectivity index (χ3n) is 8.19. The summed E-state index contributed by atoms with van der Waals surface area (Å²) in [4.78, 5) is -0.492. The zero-order valence-corrected chi connectivity index (χ0v) is 30.8. The molecule has 45 heavy (non-hydrogen) atoms. The van der Waals surface area contributed by atoms with Crippen molar-refractivity contribution in [2.75, 3.05) is 0 Å². The molecule has 0 saturated carbocycles. The van der Waals surface area contributed by atoms with Crippen LogP contribution < -0.4 is 69.6 Å². The Kier molecular flexibility index (Phi) is 11.7. The largest absolute Gasteiger partial charge is 1.00 e. The molecular weight excluding hydrogens is 626 g/mol. The molecule has 0 N–H and O–H groups in total. The van der Waals surface area contributed by atoms with E-state index in [1.54, 1.807) is 12.1 Å². The molecule has 0 bridgehead atoms. The van der Waals surface area contributed by atoms with E-state index < -0.39 is 20.2 Å². The van der Waals surface area contributed by atoms with Gasteiger partial charge in [-0.2, -0.15) is 0 Å². The van der Waals surface area contributed by atoms with Crippen LogP contribution in [-0.2, 0) is 39.5 Å². The molecule has 0 fully saturated rings. The summed E-state index contributed by atoms with van der Waals surface area (Å²) in [6.07, 6.45) is 4.66. The van der Waals surface area contributed by atoms with Crippen molar-refractivity contribution >= 4 is 42.7 Å². The molecule has 5 aromatic carbocycles. The van der Waals surface area contributed by atoms with E-state index in [1.807, 2.05) is 54.6 Å². The molecule has 0 aromatic heterocycles. The molecule has 6 nitrogen and oxygen atoms in total. The third kappa shape index (κ3) is 8.26. The van der Waals surface area contributed by atoms with Crippen LogP contribution in [0.15, 0.2) is 119 Å². The van der Waals surface area contributed by atoms with Crippen LogP contribution in [0.2, 0.25) is 0 Å². The summed E-state index contributed by atoms with van der Waals surface area (Å²) in [5, 5.41) is 3.26. The quantitative estimate of drug-likeness (QED) is 0.152. The Morgan fingerprint density at radius 3 is 1.84 bits per heavy atom. The normalized spacial score (nSPS) is 14.5. The fourth-order valence-corrected chi connectivity index (χ4v) is 7.10. The van der Waals surface area contributed by atoms with Crippen molar-refractivity contribution in [1.29, 1.82) is 0 Å². The van der Waals surface area contributed by atoms with Crippen molar-refractivity contribution in [3.05, 3.63) is 142 Å². The molecule has 10 heteroatoms. The molecule has 0 spiro atoms. The first-order valence-electron chi connectivity index (χ1n) is 13.9. The Morgan fingerprint density at radius 1 is 0.644 bits per heavy atom. The predicted molar refractivity (Wildman–Crippen MR) is 165 cm³/mol. The first kappa shape index (κ1) is 35.8. The summed E-state index contributed by atoms with van der Waals surface area (Å²) in [6, 6.07) is 33.2. The maximum absolute atomic E-state index is 11.7. The second-order valence-corrected chi connectivity index (χ2v) is 13.7. The number of fused-ring (bicyclic) bond motifs is 2. The van der Waals surface area contributed by atoms with E-state index in [0.717, 1.165) is 43.7 Å². The van der Waals surface area contributed by atoms with Crippen LogP contribution in [0.3, 0.4) is 0 Å². The molecule has 1 aliphatic rings. The molecule has 0 heterocycles. The molecule has 6 rings (SSSR count). The maximum Gasteiger partial charge on any atom is 1.00 e. The summed E-state index contributed by atoms with van der Waals surface area (Å²) in [6.45, 7) is 0. The van der Waals surface area contributed by atoms with E-state index in [4.69, 9.17) is 0 Å². The molecule has 218 valence electrons. The molecule has 1 aliphatic carbocycles. The smallest absolute Gasteiger partial charge is 0.744 e. The summed E-state index contributed by atoms with van der Waals surface area (Å²) in [7, 11) is -9.17. The van der Waals surface area contributed by atoms with Gasteiger partial charge in [0, 0.05) is 0 Å². The van der Waals surface area contributed by atoms with Gasteiger partial charge in [0.2, 0.25) is 0 Å². The second kappa shape index (κ2) is 14.8. The first-order valence-corrected chi connectivity index (χ1v) is 16.8. The predicted octanol–water partition coefficient (Wildman–Crippen LogP) is -1.32. The average Bonchev–Trinajstić information content (AvgIpc) is 2.99. The Labute approximate surface area is 308 Å². The molecule has 5 aromatic rings. The van der Waals surface area contributed by atoms with Crippen LogP contribution in [0.25, 0.3) is 22.4 Å². The van der Waals surface area contributed by atoms with Gasteiger partial charge in [-0.1, -0.05) is 96.6 Å². The van der Waals surface area contributed by atoms with Gasteiger partial charge in [-0.15, -0.1) is 0 Å². The van der Waals surface area contributed by atoms with Crippen LogP contribution in [0, 0.1) is 5.92 Å². The van der Waals surface area contributed by atoms with Gasteiger partial charge in [0.15, 0.2) is 0 Å². The fourth-order valence-electron chi connectivity index (χ4n) is 6.09. The first-order chi connectivity index (χ1) is 20.6. The fraction of sp³-hybridized carbons (Fsp3) is 0.143. The van der Waals surface area contributed by atoms with E-state index in [1.165, 1.54) is 24.3 Å². The summed E-state index contributed by atoms with van der Waals surface area (Å²) in [5.74, 6) is 0.0932. The molecule has 0 radical (unpaired) electrons. The minimum Gasteiger partial charge on any atom is -0.744 e. The van der Waals surface area contributed by atoms with Gasteiger partial charge < -0.3 is 9.11 Å². The Hall–Kier alpha value is -2.08. The van der Waals surface area contributed by atoms with E-state index in [0.29, 0.717) is 31.1 Å². The van der Waals surface area contributed by atoms with Crippen molar-refractivity contribution in [2.45, 2.75) is 35.5 Å². The summed E-state index contributed by atoms with van der Waals surface area (Å²) < 4.78 is 70.4. The SMILES string of the molecule is O=S(=O)([O-])c1ccc2c(c1)=CCC(Cc1ccc3cc(S(=O)(=O)[O-])ccc3c1Cc1ccccc1)C=2Cc1ccccc1.[Na+].[Na+]. The topological polar surface area (TPSA) is 114 Å². The van der Waals surface area contributed by atoms with Gasteiger partial charge >= 0.3 is 59.1 Å². The number of benzene rings is 5. The standard InChI is InChI=1S/C35H30O6S2.2Na/c36-42(37,38)30-15-17-32-28(22-30)13-11-26(34(32)19-24-7-3-1-4-8-24)21-27-12-14-29-23-31(43(39,40)41)16-18-33(29)35(27)20-25-9-5-2-6-10-25;;/h1-11,13-18,22-23,27H,12,19-21H2,(H,36,37,38)(H,39,40,41);;/q;2*+1/p-2. The average molecular weight is 655 g/mol. The second-order valence-electron chi connectivity index (χ2n) is 10.9. The van der Waals surface area contributed by atoms with Crippen molar-refractivity contribution in [1.82, 2.24) is 0 Å². The molecule has 0 saturated heterocycles. The third-order valence-corrected chi connectivity index (χ3v) is 9.85. The van der Waals surface area contributed by atoms with Gasteiger partial charge in [0.05, 0.1) is 9.79 Å². The minimum absolute atomic E-state index is 0. The van der Waals surface area contributed by atoms with Gasteiger partial charge in [-0.25, -0.2) is 16.8 Å². The maximum atomic E-state index is 11.7. The van der Waals surface area contributed by atoms with Crippen LogP contribution in [0.5, 0.6) is 0 Å². The van der Waals surface area contributed by atoms with Gasteiger partial charge in [-0.05, 0) is 99.3 Å². The number of rotatable bonds is 8. The molecule has 1 atom stereocenters. The van der Waals surface area contributed by atoms with Gasteiger partial charge in [-0.3, -0.25) is 0 Å². The van der Waals surface area contributed by atoms with Gasteiger partial charge in [0.25, 0.3) is 0 Å². The van der Waals surface area contributed by atoms with E-state index >= 15 is 0 Å². The van der Waals surface area contributed by atoms with Crippen molar-refractivity contribution in [3.63, 3.8) is 0 Å². The zero-order chi connectivity index (χ0) is 30.2. The number of hydrogen-bond donors (Lipinski definition) is 0. The van der Waals surface area contributed by atoms with Crippen LogP contribution in [0.4, 0.5) is 0 Å². The Morgan fingerprint density at radius 2 is 1.22 bits per heavy atom. The Balaban J connectivity index is 0.00000230. The van der Waals surface area contributed by atoms with E-state index in [-0.39, 0.29) is 74.8 Å². The van der Waals surface area contributed by atoms with E-state index in [9.17, 15) is 25.9 Å². The zero-order valence-electron chi connectivity index (χ0n) is 25.1. The Bertz CT molecular complexity index is 2190. The van der Waals surface area contributed by atoms with Gasteiger partial charge in [0.1, 0.15) is 20.2 Å². The summed E-state index contributed by atoms with van der Waals surface area (Å²) >= 11 is 0. The molecular formula is C35H28Na2O6S2. The monoisotopic (exact) mass is 654 g/mol. The minimum atomic E-state index is -4.59.